The smallest absolute Gasteiger partial charge is 0.254 e. The van der Waals surface area contributed by atoms with Crippen molar-refractivity contribution < 1.29 is 14.3 Å². The molecule has 5 nitrogen and oxygen atoms in total. The molecular weight excluding hydrogens is 268 g/mol. The summed E-state index contributed by atoms with van der Waals surface area (Å²) in [6, 6.07) is 7.19. The molecule has 0 aromatic heterocycles. The fraction of sp³-hybridized carbons (Fsp3) is 0.500. The van der Waals surface area contributed by atoms with Gasteiger partial charge in [0.05, 0.1) is 7.11 Å². The standard InChI is InChI=1S/C16H22N2O3/c1-3-15(19)17-8-5-9-18(11-10-17)16(20)13-6-4-7-14(12-13)21-2/h4,6-7,12H,3,5,8-11H2,1-2H3. The summed E-state index contributed by atoms with van der Waals surface area (Å²) in [6.45, 7) is 4.48. The minimum absolute atomic E-state index is 0.000280. The zero-order valence-electron chi connectivity index (χ0n) is 12.7. The molecule has 0 unspecified atom stereocenters. The van der Waals surface area contributed by atoms with Crippen LogP contribution in [0.25, 0.3) is 0 Å². The first kappa shape index (κ1) is 15.4. The lowest BCUT2D eigenvalue weighted by molar-refractivity contribution is -0.130. The molecule has 114 valence electrons. The minimum Gasteiger partial charge on any atom is -0.497 e. The van der Waals surface area contributed by atoms with Gasteiger partial charge in [0, 0.05) is 38.2 Å². The third kappa shape index (κ3) is 3.74. The second kappa shape index (κ2) is 7.11. The van der Waals surface area contributed by atoms with Crippen LogP contribution >= 0.6 is 0 Å². The molecule has 0 radical (unpaired) electrons. The predicted molar refractivity (Wildman–Crippen MR) is 80.4 cm³/mol. The molecule has 1 saturated heterocycles. The van der Waals surface area contributed by atoms with E-state index >= 15 is 0 Å². The number of hydrogen-bond donors (Lipinski definition) is 0. The Hall–Kier alpha value is -2.04. The molecule has 5 heteroatoms. The van der Waals surface area contributed by atoms with Crippen molar-refractivity contribution in [3.63, 3.8) is 0 Å². The van der Waals surface area contributed by atoms with E-state index in [9.17, 15) is 9.59 Å². The quantitative estimate of drug-likeness (QED) is 0.852. The third-order valence-corrected chi connectivity index (χ3v) is 3.75. The number of ether oxygens (including phenoxy) is 1. The lowest BCUT2D eigenvalue weighted by Gasteiger charge is -2.22. The van der Waals surface area contributed by atoms with Crippen LogP contribution < -0.4 is 4.74 Å². The third-order valence-electron chi connectivity index (χ3n) is 3.75. The maximum absolute atomic E-state index is 12.5. The van der Waals surface area contributed by atoms with E-state index in [1.54, 1.807) is 19.2 Å². The number of amides is 2. The number of carbonyl (C=O) groups excluding carboxylic acids is 2. The topological polar surface area (TPSA) is 49.9 Å². The zero-order chi connectivity index (χ0) is 15.2. The number of carbonyl (C=O) groups is 2. The summed E-state index contributed by atoms with van der Waals surface area (Å²) in [6.07, 6.45) is 1.34. The number of benzene rings is 1. The molecule has 1 aliphatic heterocycles. The van der Waals surface area contributed by atoms with Gasteiger partial charge in [-0.1, -0.05) is 13.0 Å². The molecule has 1 aromatic rings. The van der Waals surface area contributed by atoms with E-state index in [0.29, 0.717) is 37.4 Å². The first-order valence-corrected chi connectivity index (χ1v) is 7.36. The van der Waals surface area contributed by atoms with Crippen molar-refractivity contribution in [2.75, 3.05) is 33.3 Å². The molecule has 0 saturated carbocycles. The molecule has 0 bridgehead atoms. The molecule has 1 aliphatic rings. The molecule has 0 N–H and O–H groups in total. The first-order valence-electron chi connectivity index (χ1n) is 7.36. The van der Waals surface area contributed by atoms with Crippen molar-refractivity contribution in [3.05, 3.63) is 29.8 Å². The SMILES string of the molecule is CCC(=O)N1CCCN(C(=O)c2cccc(OC)c2)CC1. The van der Waals surface area contributed by atoms with Crippen molar-refractivity contribution in [1.82, 2.24) is 9.80 Å². The summed E-state index contributed by atoms with van der Waals surface area (Å²) in [5.74, 6) is 0.837. The van der Waals surface area contributed by atoms with Gasteiger partial charge in [-0.3, -0.25) is 9.59 Å². The van der Waals surface area contributed by atoms with E-state index < -0.39 is 0 Å². The highest BCUT2D eigenvalue weighted by Crippen LogP contribution is 2.15. The van der Waals surface area contributed by atoms with Crippen LogP contribution in [0, 0.1) is 0 Å². The summed E-state index contributed by atoms with van der Waals surface area (Å²) >= 11 is 0. The van der Waals surface area contributed by atoms with Crippen molar-refractivity contribution >= 4 is 11.8 Å². The van der Waals surface area contributed by atoms with E-state index in [0.717, 1.165) is 13.0 Å². The lowest BCUT2D eigenvalue weighted by atomic mass is 10.2. The van der Waals surface area contributed by atoms with E-state index in [1.165, 1.54) is 0 Å². The number of rotatable bonds is 3. The average Bonchev–Trinajstić information content (AvgIpc) is 2.79. The predicted octanol–water partition coefficient (Wildman–Crippen LogP) is 1.78. The van der Waals surface area contributed by atoms with Crippen LogP contribution in [0.15, 0.2) is 24.3 Å². The Labute approximate surface area is 125 Å². The molecule has 2 amide bonds. The van der Waals surface area contributed by atoms with Crippen LogP contribution in [0.1, 0.15) is 30.1 Å². The van der Waals surface area contributed by atoms with Crippen LogP contribution in [0.5, 0.6) is 5.75 Å². The van der Waals surface area contributed by atoms with Crippen molar-refractivity contribution in [1.29, 1.82) is 0 Å². The Morgan fingerprint density at radius 1 is 1.14 bits per heavy atom. The van der Waals surface area contributed by atoms with Crippen LogP contribution in [0.2, 0.25) is 0 Å². The molecule has 21 heavy (non-hydrogen) atoms. The molecule has 1 fully saturated rings. The van der Waals surface area contributed by atoms with Crippen molar-refractivity contribution in [2.45, 2.75) is 19.8 Å². The largest absolute Gasteiger partial charge is 0.497 e. The van der Waals surface area contributed by atoms with Crippen molar-refractivity contribution in [3.8, 4) is 5.75 Å². The highest BCUT2D eigenvalue weighted by atomic mass is 16.5. The highest BCUT2D eigenvalue weighted by Gasteiger charge is 2.22. The average molecular weight is 290 g/mol. The van der Waals surface area contributed by atoms with Gasteiger partial charge in [-0.05, 0) is 24.6 Å². The maximum atomic E-state index is 12.5. The second-order valence-electron chi connectivity index (χ2n) is 5.11. The number of nitrogens with zero attached hydrogens (tertiary/aromatic N) is 2. The van der Waals surface area contributed by atoms with Crippen LogP contribution in [-0.2, 0) is 4.79 Å². The van der Waals surface area contributed by atoms with E-state index in [4.69, 9.17) is 4.74 Å². The minimum atomic E-state index is -0.000280. The van der Waals surface area contributed by atoms with Gasteiger partial charge in [-0.15, -0.1) is 0 Å². The molecular formula is C16H22N2O3. The van der Waals surface area contributed by atoms with Gasteiger partial charge in [-0.2, -0.15) is 0 Å². The summed E-state index contributed by atoms with van der Waals surface area (Å²) in [5.41, 5.74) is 0.629. The molecule has 0 aliphatic carbocycles. The van der Waals surface area contributed by atoms with Crippen LogP contribution in [0.4, 0.5) is 0 Å². The molecule has 1 heterocycles. The van der Waals surface area contributed by atoms with E-state index in [-0.39, 0.29) is 11.8 Å². The normalized spacial score (nSPS) is 15.5. The van der Waals surface area contributed by atoms with E-state index in [1.807, 2.05) is 28.9 Å². The van der Waals surface area contributed by atoms with Gasteiger partial charge in [0.1, 0.15) is 5.75 Å². The summed E-state index contributed by atoms with van der Waals surface area (Å²) in [5, 5.41) is 0. The summed E-state index contributed by atoms with van der Waals surface area (Å²) in [4.78, 5) is 28.0. The summed E-state index contributed by atoms with van der Waals surface area (Å²) in [7, 11) is 1.59. The molecule has 2 rings (SSSR count). The van der Waals surface area contributed by atoms with Gasteiger partial charge in [0.15, 0.2) is 0 Å². The zero-order valence-corrected chi connectivity index (χ0v) is 12.7. The maximum Gasteiger partial charge on any atom is 0.254 e. The van der Waals surface area contributed by atoms with Crippen LogP contribution in [-0.4, -0.2) is 54.9 Å². The van der Waals surface area contributed by atoms with Gasteiger partial charge in [0.2, 0.25) is 5.91 Å². The lowest BCUT2D eigenvalue weighted by Crippen LogP contribution is -2.37. The van der Waals surface area contributed by atoms with Gasteiger partial charge >= 0.3 is 0 Å². The Bertz CT molecular complexity index is 516. The Balaban J connectivity index is 2.04. The Morgan fingerprint density at radius 3 is 2.57 bits per heavy atom. The monoisotopic (exact) mass is 290 g/mol. The van der Waals surface area contributed by atoms with E-state index in [2.05, 4.69) is 0 Å². The van der Waals surface area contributed by atoms with Gasteiger partial charge < -0.3 is 14.5 Å². The fourth-order valence-corrected chi connectivity index (χ4v) is 2.53. The Morgan fingerprint density at radius 2 is 1.86 bits per heavy atom. The first-order chi connectivity index (χ1) is 10.2. The van der Waals surface area contributed by atoms with Gasteiger partial charge in [0.25, 0.3) is 5.91 Å². The Kier molecular flexibility index (Phi) is 5.20. The molecule has 1 aromatic carbocycles. The van der Waals surface area contributed by atoms with Crippen LogP contribution in [0.3, 0.4) is 0 Å². The van der Waals surface area contributed by atoms with Gasteiger partial charge in [-0.25, -0.2) is 0 Å². The summed E-state index contributed by atoms with van der Waals surface area (Å²) < 4.78 is 5.16. The molecule has 0 atom stereocenters. The van der Waals surface area contributed by atoms with Crippen molar-refractivity contribution in [2.24, 2.45) is 0 Å². The fourth-order valence-electron chi connectivity index (χ4n) is 2.53. The number of methoxy groups -OCH3 is 1. The molecule has 0 spiro atoms. The number of hydrogen-bond acceptors (Lipinski definition) is 3. The highest BCUT2D eigenvalue weighted by molar-refractivity contribution is 5.94. The second-order valence-corrected chi connectivity index (χ2v) is 5.11.